The molecule has 0 saturated heterocycles. The molecule has 0 N–H and O–H groups in total. The van der Waals surface area contributed by atoms with Crippen molar-refractivity contribution in [2.24, 2.45) is 5.92 Å². The zero-order valence-electron chi connectivity index (χ0n) is 15.2. The molecule has 1 fully saturated rings. The summed E-state index contributed by atoms with van der Waals surface area (Å²) in [5.41, 5.74) is 9.09. The van der Waals surface area contributed by atoms with Crippen molar-refractivity contribution in [2.45, 2.75) is 58.3 Å². The Balaban J connectivity index is 1.65. The van der Waals surface area contributed by atoms with Crippen molar-refractivity contribution in [3.8, 4) is 11.1 Å². The van der Waals surface area contributed by atoms with Crippen LogP contribution in [0.3, 0.4) is 0 Å². The van der Waals surface area contributed by atoms with Gasteiger partial charge in [-0.25, -0.2) is 0 Å². The average Bonchev–Trinajstić information content (AvgIpc) is 3.22. The molecule has 2 aromatic carbocycles. The van der Waals surface area contributed by atoms with E-state index in [2.05, 4.69) is 69.3 Å². The summed E-state index contributed by atoms with van der Waals surface area (Å²) in [6.07, 6.45) is 9.28. The Labute approximate surface area is 146 Å². The van der Waals surface area contributed by atoms with Gasteiger partial charge in [-0.15, -0.1) is 0 Å². The Hall–Kier alpha value is -1.82. The zero-order chi connectivity index (χ0) is 16.7. The van der Waals surface area contributed by atoms with Gasteiger partial charge in [-0.05, 0) is 58.4 Å². The zero-order valence-corrected chi connectivity index (χ0v) is 15.2. The van der Waals surface area contributed by atoms with E-state index < -0.39 is 0 Å². The van der Waals surface area contributed by atoms with Gasteiger partial charge >= 0.3 is 0 Å². The summed E-state index contributed by atoms with van der Waals surface area (Å²) < 4.78 is 0. The number of hydrogen-bond donors (Lipinski definition) is 0. The standard InChI is InChI=1S/C24H28/c1-24(2,3)21-13-11-18(12-14-21)22-10-6-9-19-15-20(16-23(19)22)17-7-4-5-8-17/h6,9-15,17H,4-5,7-8,16H2,1-3H3. The second-order valence-corrected chi connectivity index (χ2v) is 8.58. The maximum atomic E-state index is 2.48. The first-order valence-electron chi connectivity index (χ1n) is 9.46. The van der Waals surface area contributed by atoms with Crippen LogP contribution in [0.15, 0.2) is 48.0 Å². The summed E-state index contributed by atoms with van der Waals surface area (Å²) in [5, 5.41) is 0. The second kappa shape index (κ2) is 5.92. The fraction of sp³-hybridized carbons (Fsp3) is 0.417. The summed E-state index contributed by atoms with van der Waals surface area (Å²) in [6.45, 7) is 6.83. The van der Waals surface area contributed by atoms with Crippen molar-refractivity contribution in [1.29, 1.82) is 0 Å². The molecule has 0 amide bonds. The Morgan fingerprint density at radius 1 is 0.875 bits per heavy atom. The number of fused-ring (bicyclic) bond motifs is 1. The lowest BCUT2D eigenvalue weighted by Crippen LogP contribution is -2.10. The van der Waals surface area contributed by atoms with Crippen molar-refractivity contribution < 1.29 is 0 Å². The van der Waals surface area contributed by atoms with Gasteiger partial charge in [0.05, 0.1) is 0 Å². The summed E-state index contributed by atoms with van der Waals surface area (Å²) in [6, 6.07) is 16.0. The summed E-state index contributed by atoms with van der Waals surface area (Å²) in [4.78, 5) is 0. The van der Waals surface area contributed by atoms with E-state index in [1.54, 1.807) is 11.1 Å². The Kier molecular flexibility index (Phi) is 3.87. The van der Waals surface area contributed by atoms with E-state index in [1.165, 1.54) is 47.9 Å². The predicted octanol–water partition coefficient (Wildman–Crippen LogP) is 6.78. The smallest absolute Gasteiger partial charge is 0.00489 e. The van der Waals surface area contributed by atoms with E-state index in [0.717, 1.165) is 12.3 Å². The van der Waals surface area contributed by atoms with E-state index in [1.807, 2.05) is 0 Å². The molecule has 0 radical (unpaired) electrons. The SMILES string of the molecule is CC(C)(C)c1ccc(-c2cccc3c2CC(C2CCCC2)=C3)cc1. The van der Waals surface area contributed by atoms with Gasteiger partial charge in [0.15, 0.2) is 0 Å². The Morgan fingerprint density at radius 2 is 1.58 bits per heavy atom. The fourth-order valence-corrected chi connectivity index (χ4v) is 4.37. The molecule has 0 aromatic heterocycles. The molecule has 0 spiro atoms. The first-order valence-corrected chi connectivity index (χ1v) is 9.46. The lowest BCUT2D eigenvalue weighted by atomic mass is 9.85. The molecular weight excluding hydrogens is 288 g/mol. The van der Waals surface area contributed by atoms with Gasteiger partial charge < -0.3 is 0 Å². The summed E-state index contributed by atoms with van der Waals surface area (Å²) in [5.74, 6) is 0.841. The highest BCUT2D eigenvalue weighted by atomic mass is 14.3. The van der Waals surface area contributed by atoms with E-state index in [0.29, 0.717) is 0 Å². The van der Waals surface area contributed by atoms with Crippen molar-refractivity contribution in [3.63, 3.8) is 0 Å². The van der Waals surface area contributed by atoms with Crippen LogP contribution in [-0.4, -0.2) is 0 Å². The van der Waals surface area contributed by atoms with Gasteiger partial charge in [0.2, 0.25) is 0 Å². The molecule has 2 aliphatic rings. The molecule has 0 bridgehead atoms. The normalized spacial score (nSPS) is 17.9. The Bertz CT molecular complexity index is 763. The molecule has 0 unspecified atom stereocenters. The topological polar surface area (TPSA) is 0 Å². The van der Waals surface area contributed by atoms with Crippen LogP contribution in [0.1, 0.15) is 63.1 Å². The minimum atomic E-state index is 0.217. The lowest BCUT2D eigenvalue weighted by molar-refractivity contribution is 0.590. The van der Waals surface area contributed by atoms with Crippen LogP contribution >= 0.6 is 0 Å². The highest BCUT2D eigenvalue weighted by Crippen LogP contribution is 2.41. The van der Waals surface area contributed by atoms with E-state index in [4.69, 9.17) is 0 Å². The number of allylic oxidation sites excluding steroid dienone is 1. The van der Waals surface area contributed by atoms with Crippen molar-refractivity contribution in [1.82, 2.24) is 0 Å². The third-order valence-electron chi connectivity index (χ3n) is 5.88. The van der Waals surface area contributed by atoms with Crippen molar-refractivity contribution >= 4 is 6.08 Å². The van der Waals surface area contributed by atoms with Gasteiger partial charge in [0.1, 0.15) is 0 Å². The molecule has 2 aromatic rings. The predicted molar refractivity (Wildman–Crippen MR) is 104 cm³/mol. The van der Waals surface area contributed by atoms with Crippen LogP contribution in [0, 0.1) is 5.92 Å². The van der Waals surface area contributed by atoms with Crippen molar-refractivity contribution in [2.75, 3.05) is 0 Å². The minimum Gasteiger partial charge on any atom is -0.0621 e. The molecule has 0 aliphatic heterocycles. The first kappa shape index (κ1) is 15.7. The van der Waals surface area contributed by atoms with Gasteiger partial charge in [0.25, 0.3) is 0 Å². The van der Waals surface area contributed by atoms with Gasteiger partial charge in [-0.2, -0.15) is 0 Å². The molecule has 2 aliphatic carbocycles. The quantitative estimate of drug-likeness (QED) is 0.572. The van der Waals surface area contributed by atoms with Crippen LogP contribution in [0.4, 0.5) is 0 Å². The molecule has 1 saturated carbocycles. The lowest BCUT2D eigenvalue weighted by Gasteiger charge is -2.19. The largest absolute Gasteiger partial charge is 0.0621 e. The molecule has 0 heteroatoms. The van der Waals surface area contributed by atoms with Gasteiger partial charge in [-0.3, -0.25) is 0 Å². The summed E-state index contributed by atoms with van der Waals surface area (Å²) in [7, 11) is 0. The number of rotatable bonds is 2. The number of benzene rings is 2. The van der Waals surface area contributed by atoms with Crippen molar-refractivity contribution in [3.05, 3.63) is 64.7 Å². The van der Waals surface area contributed by atoms with E-state index in [-0.39, 0.29) is 5.41 Å². The third kappa shape index (κ3) is 2.83. The maximum Gasteiger partial charge on any atom is -0.00489 e. The average molecular weight is 316 g/mol. The molecule has 4 rings (SSSR count). The monoisotopic (exact) mass is 316 g/mol. The van der Waals surface area contributed by atoms with Crippen LogP contribution in [0.25, 0.3) is 17.2 Å². The minimum absolute atomic E-state index is 0.217. The number of hydrogen-bond acceptors (Lipinski definition) is 0. The van der Waals surface area contributed by atoms with Crippen LogP contribution in [0.5, 0.6) is 0 Å². The second-order valence-electron chi connectivity index (χ2n) is 8.58. The van der Waals surface area contributed by atoms with E-state index >= 15 is 0 Å². The Morgan fingerprint density at radius 3 is 2.25 bits per heavy atom. The third-order valence-corrected chi connectivity index (χ3v) is 5.88. The van der Waals surface area contributed by atoms with Gasteiger partial charge in [-0.1, -0.05) is 87.7 Å². The van der Waals surface area contributed by atoms with Crippen LogP contribution in [0.2, 0.25) is 0 Å². The highest BCUT2D eigenvalue weighted by Gasteiger charge is 2.25. The fourth-order valence-electron chi connectivity index (χ4n) is 4.37. The first-order chi connectivity index (χ1) is 11.5. The maximum absolute atomic E-state index is 2.48. The summed E-state index contributed by atoms with van der Waals surface area (Å²) >= 11 is 0. The molecule has 24 heavy (non-hydrogen) atoms. The van der Waals surface area contributed by atoms with Gasteiger partial charge in [0, 0.05) is 0 Å². The van der Waals surface area contributed by atoms with Crippen LogP contribution < -0.4 is 0 Å². The van der Waals surface area contributed by atoms with E-state index in [9.17, 15) is 0 Å². The molecule has 0 nitrogen and oxygen atoms in total. The molecule has 124 valence electrons. The van der Waals surface area contributed by atoms with Crippen LogP contribution in [-0.2, 0) is 11.8 Å². The molecule has 0 heterocycles. The highest BCUT2D eigenvalue weighted by molar-refractivity contribution is 5.77. The molecular formula is C24H28. The molecule has 0 atom stereocenters.